The molecule has 0 saturated heterocycles. The van der Waals surface area contributed by atoms with Crippen LogP contribution in [0.5, 0.6) is 5.75 Å². The molecule has 0 radical (unpaired) electrons. The number of nitrogens with two attached hydrogens (primary N) is 1. The van der Waals surface area contributed by atoms with Crippen LogP contribution in [0.2, 0.25) is 0 Å². The van der Waals surface area contributed by atoms with Crippen LogP contribution >= 0.6 is 11.8 Å². The number of hydrogen-bond acceptors (Lipinski definition) is 6. The summed E-state index contributed by atoms with van der Waals surface area (Å²) in [4.78, 5) is 12.3. The predicted molar refractivity (Wildman–Crippen MR) is 70.7 cm³/mol. The average Bonchev–Trinajstić information content (AvgIpc) is 2.93. The summed E-state index contributed by atoms with van der Waals surface area (Å²) >= 11 is 1.57. The van der Waals surface area contributed by atoms with Crippen LogP contribution in [0.4, 0.5) is 0 Å². The van der Waals surface area contributed by atoms with Crippen molar-refractivity contribution in [3.05, 3.63) is 41.8 Å². The fourth-order valence-electron chi connectivity index (χ4n) is 1.39. The maximum Gasteiger partial charge on any atom is 0.287 e. The molecule has 7 heteroatoms. The molecule has 0 aliphatic carbocycles. The number of hydrogen-bond donors (Lipinski definition) is 2. The van der Waals surface area contributed by atoms with Gasteiger partial charge in [0.1, 0.15) is 11.5 Å². The third-order valence-electron chi connectivity index (χ3n) is 2.36. The lowest BCUT2D eigenvalue weighted by Gasteiger charge is -2.01. The van der Waals surface area contributed by atoms with E-state index in [-0.39, 0.29) is 5.69 Å². The molecule has 3 N–H and O–H groups in total. The van der Waals surface area contributed by atoms with Crippen molar-refractivity contribution in [1.82, 2.24) is 10.6 Å². The molecular formula is C12H13N3O3S. The van der Waals surface area contributed by atoms with Crippen LogP contribution in [0.15, 0.2) is 39.8 Å². The summed E-state index contributed by atoms with van der Waals surface area (Å²) in [7, 11) is 1.63. The lowest BCUT2D eigenvalue weighted by molar-refractivity contribution is 0.0944. The zero-order valence-corrected chi connectivity index (χ0v) is 11.1. The van der Waals surface area contributed by atoms with Gasteiger partial charge in [-0.25, -0.2) is 5.84 Å². The monoisotopic (exact) mass is 279 g/mol. The second-order valence-corrected chi connectivity index (χ2v) is 4.66. The number of ether oxygens (including phenoxy) is 1. The van der Waals surface area contributed by atoms with Crippen molar-refractivity contribution >= 4 is 17.7 Å². The largest absolute Gasteiger partial charge is 0.497 e. The third-order valence-corrected chi connectivity index (χ3v) is 3.40. The van der Waals surface area contributed by atoms with E-state index in [4.69, 9.17) is 15.1 Å². The number of carbonyl (C=O) groups excluding carboxylic acids is 1. The van der Waals surface area contributed by atoms with Crippen LogP contribution in [-0.2, 0) is 5.75 Å². The van der Waals surface area contributed by atoms with Crippen molar-refractivity contribution in [2.45, 2.75) is 10.6 Å². The summed E-state index contributed by atoms with van der Waals surface area (Å²) in [5, 5.41) is 3.63. The van der Waals surface area contributed by atoms with E-state index >= 15 is 0 Å². The van der Waals surface area contributed by atoms with E-state index in [1.807, 2.05) is 29.7 Å². The van der Waals surface area contributed by atoms with E-state index in [1.165, 1.54) is 0 Å². The van der Waals surface area contributed by atoms with E-state index in [0.29, 0.717) is 11.5 Å². The van der Waals surface area contributed by atoms with Gasteiger partial charge >= 0.3 is 0 Å². The number of rotatable bonds is 5. The molecule has 1 heterocycles. The molecular weight excluding hydrogens is 266 g/mol. The molecule has 0 aliphatic heterocycles. The second kappa shape index (κ2) is 6.26. The van der Waals surface area contributed by atoms with Crippen LogP contribution in [0.3, 0.4) is 0 Å². The van der Waals surface area contributed by atoms with Crippen LogP contribution in [-0.4, -0.2) is 18.2 Å². The van der Waals surface area contributed by atoms with Crippen LogP contribution < -0.4 is 16.0 Å². The Morgan fingerprint density at radius 1 is 1.47 bits per heavy atom. The molecule has 2 aromatic rings. The molecule has 6 nitrogen and oxygen atoms in total. The highest BCUT2D eigenvalue weighted by Gasteiger charge is 2.11. The van der Waals surface area contributed by atoms with Gasteiger partial charge in [0.05, 0.1) is 12.9 Å². The lowest BCUT2D eigenvalue weighted by atomic mass is 10.3. The molecule has 0 fully saturated rings. The molecule has 2 rings (SSSR count). The van der Waals surface area contributed by atoms with E-state index in [1.54, 1.807) is 24.9 Å². The summed E-state index contributed by atoms with van der Waals surface area (Å²) in [6.45, 7) is 0. The van der Waals surface area contributed by atoms with Gasteiger partial charge in [0.25, 0.3) is 5.91 Å². The van der Waals surface area contributed by atoms with Crippen molar-refractivity contribution in [2.75, 3.05) is 7.11 Å². The highest BCUT2D eigenvalue weighted by molar-refractivity contribution is 7.98. The fourth-order valence-corrected chi connectivity index (χ4v) is 2.16. The highest BCUT2D eigenvalue weighted by Crippen LogP contribution is 2.25. The maximum absolute atomic E-state index is 11.2. The molecule has 0 bridgehead atoms. The van der Waals surface area contributed by atoms with Crippen molar-refractivity contribution in [3.8, 4) is 5.75 Å². The summed E-state index contributed by atoms with van der Waals surface area (Å²) in [6, 6.07) is 9.24. The SMILES string of the molecule is COc1ccc(SCc2cc(C(=O)NN)no2)cc1. The Morgan fingerprint density at radius 2 is 2.21 bits per heavy atom. The summed E-state index contributed by atoms with van der Waals surface area (Å²) < 4.78 is 10.1. The number of carbonyl (C=O) groups is 1. The standard InChI is InChI=1S/C12H13N3O3S/c1-17-8-2-4-10(5-3-8)19-7-9-6-11(15-18-9)12(16)14-13/h2-6H,7,13H2,1H3,(H,14,16). The predicted octanol–water partition coefficient (Wildman–Crippen LogP) is 1.58. The third kappa shape index (κ3) is 3.49. The number of nitrogens with zero attached hydrogens (tertiary/aromatic N) is 1. The summed E-state index contributed by atoms with van der Waals surface area (Å²) in [5.74, 6) is 6.54. The Labute approximate surface area is 114 Å². The second-order valence-electron chi connectivity index (χ2n) is 3.62. The molecule has 1 amide bonds. The molecule has 19 heavy (non-hydrogen) atoms. The summed E-state index contributed by atoms with van der Waals surface area (Å²) in [6.07, 6.45) is 0. The maximum atomic E-state index is 11.2. The van der Waals surface area contributed by atoms with Crippen molar-refractivity contribution < 1.29 is 14.1 Å². The van der Waals surface area contributed by atoms with Crippen LogP contribution in [0.25, 0.3) is 0 Å². The molecule has 0 atom stereocenters. The Kier molecular flexibility index (Phi) is 4.43. The van der Waals surface area contributed by atoms with Gasteiger partial charge in [-0.15, -0.1) is 11.8 Å². The van der Waals surface area contributed by atoms with Gasteiger partial charge in [-0.2, -0.15) is 0 Å². The zero-order chi connectivity index (χ0) is 13.7. The summed E-state index contributed by atoms with van der Waals surface area (Å²) in [5.41, 5.74) is 2.17. The number of methoxy groups -OCH3 is 1. The molecule has 0 saturated carbocycles. The number of hydrazine groups is 1. The molecule has 0 aliphatic rings. The van der Waals surface area contributed by atoms with Gasteiger partial charge in [0.15, 0.2) is 5.69 Å². The topological polar surface area (TPSA) is 90.4 Å². The van der Waals surface area contributed by atoms with Gasteiger partial charge in [-0.3, -0.25) is 10.2 Å². The van der Waals surface area contributed by atoms with E-state index in [2.05, 4.69) is 5.16 Å². The minimum Gasteiger partial charge on any atom is -0.497 e. The Hall–Kier alpha value is -1.99. The minimum atomic E-state index is -0.468. The number of nitrogens with one attached hydrogen (secondary N) is 1. The molecule has 1 aromatic carbocycles. The van der Waals surface area contributed by atoms with Crippen molar-refractivity contribution in [3.63, 3.8) is 0 Å². The molecule has 0 unspecified atom stereocenters. The zero-order valence-electron chi connectivity index (χ0n) is 10.3. The first-order valence-corrected chi connectivity index (χ1v) is 6.45. The number of nitrogen functional groups attached to an aromatic ring is 1. The first-order valence-electron chi connectivity index (χ1n) is 5.46. The normalized spacial score (nSPS) is 10.2. The van der Waals surface area contributed by atoms with E-state index in [9.17, 15) is 4.79 Å². The van der Waals surface area contributed by atoms with Crippen molar-refractivity contribution in [1.29, 1.82) is 0 Å². The first kappa shape index (κ1) is 13.4. The Bertz CT molecular complexity index is 554. The number of aromatic nitrogens is 1. The van der Waals surface area contributed by atoms with Gasteiger partial charge < -0.3 is 9.26 Å². The van der Waals surface area contributed by atoms with Crippen LogP contribution in [0, 0.1) is 0 Å². The fraction of sp³-hybridized carbons (Fsp3) is 0.167. The molecule has 100 valence electrons. The average molecular weight is 279 g/mol. The van der Waals surface area contributed by atoms with Gasteiger partial charge in [-0.1, -0.05) is 5.16 Å². The molecule has 0 spiro atoms. The van der Waals surface area contributed by atoms with E-state index in [0.717, 1.165) is 10.6 Å². The van der Waals surface area contributed by atoms with Crippen LogP contribution in [0.1, 0.15) is 16.2 Å². The van der Waals surface area contributed by atoms with Gasteiger partial charge in [0.2, 0.25) is 0 Å². The minimum absolute atomic E-state index is 0.174. The first-order chi connectivity index (χ1) is 9.22. The quantitative estimate of drug-likeness (QED) is 0.374. The Balaban J connectivity index is 1.94. The smallest absolute Gasteiger partial charge is 0.287 e. The van der Waals surface area contributed by atoms with E-state index < -0.39 is 5.91 Å². The number of benzene rings is 1. The Morgan fingerprint density at radius 3 is 2.84 bits per heavy atom. The van der Waals surface area contributed by atoms with Gasteiger partial charge in [0, 0.05) is 11.0 Å². The molecule has 1 aromatic heterocycles. The van der Waals surface area contributed by atoms with Gasteiger partial charge in [-0.05, 0) is 24.3 Å². The number of thioether (sulfide) groups is 1. The highest BCUT2D eigenvalue weighted by atomic mass is 32.2. The van der Waals surface area contributed by atoms with Crippen molar-refractivity contribution in [2.24, 2.45) is 5.84 Å². The lowest BCUT2D eigenvalue weighted by Crippen LogP contribution is -2.30. The number of amides is 1.